The molecule has 2 amide bonds. The Bertz CT molecular complexity index is 1020. The first-order valence-corrected chi connectivity index (χ1v) is 11.4. The Morgan fingerprint density at radius 1 is 1.15 bits per heavy atom. The van der Waals surface area contributed by atoms with Gasteiger partial charge in [-0.3, -0.25) is 14.5 Å². The average molecular weight is 469 g/mol. The lowest BCUT2D eigenvalue weighted by molar-refractivity contribution is -0.159. The van der Waals surface area contributed by atoms with Crippen LogP contribution < -0.4 is 15.2 Å². The van der Waals surface area contributed by atoms with Gasteiger partial charge in [0.1, 0.15) is 6.04 Å². The van der Waals surface area contributed by atoms with Gasteiger partial charge in [0.2, 0.25) is 11.8 Å². The first-order chi connectivity index (χ1) is 16.2. The molecule has 1 aliphatic rings. The molecule has 1 heterocycles. The fourth-order valence-electron chi connectivity index (χ4n) is 4.27. The Balaban J connectivity index is 1.87. The van der Waals surface area contributed by atoms with Crippen molar-refractivity contribution >= 4 is 17.8 Å². The van der Waals surface area contributed by atoms with Crippen molar-refractivity contribution in [3.63, 3.8) is 0 Å². The standard InChI is InChI=1S/C26H32N2O6/c1-16(2)12-21(26(31)32)28(25(30)20(27)13-17-8-5-4-6-9-17)23(29)14-18-15-34-24-19(18)10-7-11-22(24)33-3/h4-11,16,18,20-21H,12-15,27H2,1-3H3,(H,31,32). The van der Waals surface area contributed by atoms with Crippen LogP contribution >= 0.6 is 0 Å². The Labute approximate surface area is 199 Å². The maximum Gasteiger partial charge on any atom is 0.326 e. The minimum absolute atomic E-state index is 0.0469. The summed E-state index contributed by atoms with van der Waals surface area (Å²) in [5, 5.41) is 9.92. The molecule has 0 spiro atoms. The predicted octanol–water partition coefficient (Wildman–Crippen LogP) is 2.99. The lowest BCUT2D eigenvalue weighted by atomic mass is 9.95. The van der Waals surface area contributed by atoms with E-state index in [4.69, 9.17) is 15.2 Å². The van der Waals surface area contributed by atoms with Crippen molar-refractivity contribution in [2.45, 2.75) is 51.1 Å². The molecule has 3 atom stereocenters. The number of carboxylic acids is 1. The molecule has 1 aliphatic heterocycles. The molecule has 2 aromatic rings. The summed E-state index contributed by atoms with van der Waals surface area (Å²) in [4.78, 5) is 39.9. The van der Waals surface area contributed by atoms with Crippen molar-refractivity contribution in [3.8, 4) is 11.5 Å². The molecule has 3 N–H and O–H groups in total. The van der Waals surface area contributed by atoms with Gasteiger partial charge in [0.25, 0.3) is 0 Å². The number of rotatable bonds is 10. The topological polar surface area (TPSA) is 119 Å². The number of hydrogen-bond donors (Lipinski definition) is 2. The molecule has 182 valence electrons. The van der Waals surface area contributed by atoms with Crippen molar-refractivity contribution in [1.82, 2.24) is 4.90 Å². The van der Waals surface area contributed by atoms with Gasteiger partial charge in [-0.05, 0) is 30.4 Å². The fraction of sp³-hybridized carbons (Fsp3) is 0.423. The van der Waals surface area contributed by atoms with Gasteiger partial charge in [0.15, 0.2) is 11.5 Å². The molecule has 0 fully saturated rings. The maximum atomic E-state index is 13.5. The zero-order valence-electron chi connectivity index (χ0n) is 19.8. The van der Waals surface area contributed by atoms with Crippen LogP contribution in [0, 0.1) is 5.92 Å². The normalized spacial score (nSPS) is 16.3. The predicted molar refractivity (Wildman–Crippen MR) is 127 cm³/mol. The van der Waals surface area contributed by atoms with Crippen molar-refractivity contribution in [2.24, 2.45) is 11.7 Å². The lowest BCUT2D eigenvalue weighted by Crippen LogP contribution is -2.55. The molecule has 3 unspecified atom stereocenters. The zero-order valence-corrected chi connectivity index (χ0v) is 19.8. The summed E-state index contributed by atoms with van der Waals surface area (Å²) in [5.74, 6) is -1.74. The Kier molecular flexibility index (Phi) is 8.28. The molecule has 3 rings (SSSR count). The summed E-state index contributed by atoms with van der Waals surface area (Å²) in [6, 6.07) is 12.3. The molecule has 0 saturated carbocycles. The highest BCUT2D eigenvalue weighted by Gasteiger charge is 2.39. The van der Waals surface area contributed by atoms with E-state index < -0.39 is 29.9 Å². The second-order valence-corrected chi connectivity index (χ2v) is 8.97. The maximum absolute atomic E-state index is 13.5. The van der Waals surface area contributed by atoms with Crippen molar-refractivity contribution < 1.29 is 29.0 Å². The molecular formula is C26H32N2O6. The van der Waals surface area contributed by atoms with Gasteiger partial charge in [-0.25, -0.2) is 4.79 Å². The van der Waals surface area contributed by atoms with E-state index in [9.17, 15) is 19.5 Å². The number of benzene rings is 2. The van der Waals surface area contributed by atoms with E-state index in [0.717, 1.165) is 16.0 Å². The van der Waals surface area contributed by atoms with E-state index in [1.807, 2.05) is 50.2 Å². The second-order valence-electron chi connectivity index (χ2n) is 8.97. The molecule has 0 aliphatic carbocycles. The quantitative estimate of drug-likeness (QED) is 0.550. The van der Waals surface area contributed by atoms with Gasteiger partial charge >= 0.3 is 5.97 Å². The summed E-state index contributed by atoms with van der Waals surface area (Å²) in [7, 11) is 1.54. The fourth-order valence-corrected chi connectivity index (χ4v) is 4.27. The van der Waals surface area contributed by atoms with E-state index in [-0.39, 0.29) is 37.7 Å². The van der Waals surface area contributed by atoms with Crippen molar-refractivity contribution in [2.75, 3.05) is 13.7 Å². The number of nitrogens with two attached hydrogens (primary N) is 1. The second kappa shape index (κ2) is 11.2. The number of ether oxygens (including phenoxy) is 2. The Morgan fingerprint density at radius 2 is 1.85 bits per heavy atom. The lowest BCUT2D eigenvalue weighted by Gasteiger charge is -2.31. The van der Waals surface area contributed by atoms with E-state index in [1.165, 1.54) is 7.11 Å². The number of nitrogens with zero attached hydrogens (tertiary/aromatic N) is 1. The third-order valence-electron chi connectivity index (χ3n) is 5.93. The van der Waals surface area contributed by atoms with Crippen molar-refractivity contribution in [3.05, 3.63) is 59.7 Å². The van der Waals surface area contributed by atoms with E-state index >= 15 is 0 Å². The Hall–Kier alpha value is -3.39. The monoisotopic (exact) mass is 468 g/mol. The number of methoxy groups -OCH3 is 1. The highest BCUT2D eigenvalue weighted by Crippen LogP contribution is 2.42. The molecular weight excluding hydrogens is 436 g/mol. The molecule has 0 aromatic heterocycles. The minimum atomic E-state index is -1.30. The van der Waals surface area contributed by atoms with Gasteiger partial charge in [-0.2, -0.15) is 0 Å². The number of imide groups is 1. The summed E-state index contributed by atoms with van der Waals surface area (Å²) < 4.78 is 11.1. The van der Waals surface area contributed by atoms with Crippen LogP contribution in [-0.2, 0) is 20.8 Å². The van der Waals surface area contributed by atoms with Crippen LogP contribution in [0.2, 0.25) is 0 Å². The Morgan fingerprint density at radius 3 is 2.47 bits per heavy atom. The van der Waals surface area contributed by atoms with Crippen LogP contribution in [0.1, 0.15) is 43.7 Å². The zero-order chi connectivity index (χ0) is 24.8. The third-order valence-corrected chi connectivity index (χ3v) is 5.93. The van der Waals surface area contributed by atoms with Crippen molar-refractivity contribution in [1.29, 1.82) is 0 Å². The highest BCUT2D eigenvalue weighted by molar-refractivity contribution is 6.01. The van der Waals surface area contributed by atoms with E-state index in [2.05, 4.69) is 0 Å². The van der Waals surface area contributed by atoms with Crippen LogP contribution in [0.3, 0.4) is 0 Å². The van der Waals surface area contributed by atoms with E-state index in [0.29, 0.717) is 11.5 Å². The van der Waals surface area contributed by atoms with Crippen LogP contribution in [0.25, 0.3) is 0 Å². The van der Waals surface area contributed by atoms with Crippen LogP contribution in [0.5, 0.6) is 11.5 Å². The highest BCUT2D eigenvalue weighted by atomic mass is 16.5. The number of carboxylic acid groups (broad SMARTS) is 1. The summed E-state index contributed by atoms with van der Waals surface area (Å²) in [6.45, 7) is 3.93. The molecule has 0 bridgehead atoms. The number of carbonyl (C=O) groups is 3. The summed E-state index contributed by atoms with van der Waals surface area (Å²) in [6.07, 6.45) is 0.256. The van der Waals surface area contributed by atoms with Crippen LogP contribution in [0.15, 0.2) is 48.5 Å². The van der Waals surface area contributed by atoms with Gasteiger partial charge in [-0.15, -0.1) is 0 Å². The summed E-state index contributed by atoms with van der Waals surface area (Å²) in [5.41, 5.74) is 7.83. The van der Waals surface area contributed by atoms with Gasteiger partial charge in [0, 0.05) is 17.9 Å². The van der Waals surface area contributed by atoms with Crippen LogP contribution in [0.4, 0.5) is 0 Å². The average Bonchev–Trinajstić information content (AvgIpc) is 3.21. The largest absolute Gasteiger partial charge is 0.493 e. The SMILES string of the molecule is COc1cccc2c1OCC2CC(=O)N(C(=O)C(N)Cc1ccccc1)C(CC(C)C)C(=O)O. The first-order valence-electron chi connectivity index (χ1n) is 11.4. The van der Waals surface area contributed by atoms with Gasteiger partial charge in [0.05, 0.1) is 19.8 Å². The number of fused-ring (bicyclic) bond motifs is 1. The van der Waals surface area contributed by atoms with Gasteiger partial charge in [-0.1, -0.05) is 56.3 Å². The third kappa shape index (κ3) is 5.75. The first kappa shape index (κ1) is 25.2. The minimum Gasteiger partial charge on any atom is -0.493 e. The van der Waals surface area contributed by atoms with E-state index in [1.54, 1.807) is 12.1 Å². The molecule has 34 heavy (non-hydrogen) atoms. The number of aliphatic carboxylic acids is 1. The number of amides is 2. The van der Waals surface area contributed by atoms with Crippen LogP contribution in [-0.4, -0.2) is 53.6 Å². The molecule has 0 radical (unpaired) electrons. The molecule has 2 aromatic carbocycles. The smallest absolute Gasteiger partial charge is 0.326 e. The molecule has 8 heteroatoms. The van der Waals surface area contributed by atoms with Gasteiger partial charge < -0.3 is 20.3 Å². The number of para-hydroxylation sites is 1. The summed E-state index contributed by atoms with van der Waals surface area (Å²) >= 11 is 0. The number of hydrogen-bond acceptors (Lipinski definition) is 6. The number of carbonyl (C=O) groups excluding carboxylic acids is 2. The molecule has 0 saturated heterocycles. The molecule has 8 nitrogen and oxygen atoms in total.